The summed E-state index contributed by atoms with van der Waals surface area (Å²) < 4.78 is 0. The monoisotopic (exact) mass is 246 g/mol. The third-order valence-corrected chi connectivity index (χ3v) is 3.57. The van der Waals surface area contributed by atoms with Gasteiger partial charge in [0.25, 0.3) is 0 Å². The van der Waals surface area contributed by atoms with Crippen LogP contribution in [0.3, 0.4) is 0 Å². The van der Waals surface area contributed by atoms with Gasteiger partial charge in [0, 0.05) is 26.1 Å². The molecule has 2 rings (SSSR count). The first-order valence-electron chi connectivity index (χ1n) is 6.83. The summed E-state index contributed by atoms with van der Waals surface area (Å²) in [6, 6.07) is 10.7. The Morgan fingerprint density at radius 2 is 2.17 bits per heavy atom. The Balaban J connectivity index is 1.77. The Kier molecular flexibility index (Phi) is 4.76. The molecule has 0 radical (unpaired) electrons. The molecule has 0 unspecified atom stereocenters. The standard InChI is InChI=1S/C15H22N2O/c1-2-16-15(18)9-11-17-10-8-14(12-17)13-6-4-3-5-7-13/h3-7,14H,2,8-12H2,1H3,(H,16,18)/t14-/m1/s1. The average Bonchev–Trinajstić information content (AvgIpc) is 2.87. The highest BCUT2D eigenvalue weighted by atomic mass is 16.1. The number of nitrogens with zero attached hydrogens (tertiary/aromatic N) is 1. The van der Waals surface area contributed by atoms with Crippen LogP contribution in [0.2, 0.25) is 0 Å². The first kappa shape index (κ1) is 13.1. The molecule has 1 N–H and O–H groups in total. The van der Waals surface area contributed by atoms with E-state index in [4.69, 9.17) is 0 Å². The first-order chi connectivity index (χ1) is 8.79. The largest absolute Gasteiger partial charge is 0.356 e. The lowest BCUT2D eigenvalue weighted by molar-refractivity contribution is -0.121. The maximum absolute atomic E-state index is 11.4. The van der Waals surface area contributed by atoms with Crippen LogP contribution in [0.15, 0.2) is 30.3 Å². The number of benzene rings is 1. The predicted octanol–water partition coefficient (Wildman–Crippen LogP) is 2.00. The van der Waals surface area contributed by atoms with Crippen LogP contribution < -0.4 is 5.32 Å². The molecule has 3 heteroatoms. The number of rotatable bonds is 5. The van der Waals surface area contributed by atoms with Crippen molar-refractivity contribution < 1.29 is 4.79 Å². The predicted molar refractivity (Wildman–Crippen MR) is 73.5 cm³/mol. The van der Waals surface area contributed by atoms with E-state index >= 15 is 0 Å². The van der Waals surface area contributed by atoms with Crippen molar-refractivity contribution in [3.05, 3.63) is 35.9 Å². The van der Waals surface area contributed by atoms with Crippen molar-refractivity contribution in [3.8, 4) is 0 Å². The SMILES string of the molecule is CCNC(=O)CCN1CC[C@@H](c2ccccc2)C1. The topological polar surface area (TPSA) is 32.3 Å². The van der Waals surface area contributed by atoms with Gasteiger partial charge in [-0.2, -0.15) is 0 Å². The van der Waals surface area contributed by atoms with Crippen molar-refractivity contribution in [2.45, 2.75) is 25.7 Å². The summed E-state index contributed by atoms with van der Waals surface area (Å²) in [6.07, 6.45) is 1.83. The van der Waals surface area contributed by atoms with Crippen LogP contribution in [0.1, 0.15) is 31.2 Å². The summed E-state index contributed by atoms with van der Waals surface area (Å²) in [5.41, 5.74) is 1.43. The molecule has 1 amide bonds. The molecule has 1 aliphatic heterocycles. The van der Waals surface area contributed by atoms with E-state index in [2.05, 4.69) is 40.5 Å². The number of hydrogen-bond acceptors (Lipinski definition) is 2. The molecule has 1 saturated heterocycles. The number of likely N-dealkylation sites (tertiary alicyclic amines) is 1. The summed E-state index contributed by atoms with van der Waals surface area (Å²) in [6.45, 7) is 5.77. The second-order valence-corrected chi connectivity index (χ2v) is 4.90. The summed E-state index contributed by atoms with van der Waals surface area (Å²) in [5, 5.41) is 2.85. The van der Waals surface area contributed by atoms with Gasteiger partial charge in [-0.15, -0.1) is 0 Å². The molecule has 1 aromatic carbocycles. The van der Waals surface area contributed by atoms with Gasteiger partial charge >= 0.3 is 0 Å². The minimum Gasteiger partial charge on any atom is -0.356 e. The maximum atomic E-state index is 11.4. The fraction of sp³-hybridized carbons (Fsp3) is 0.533. The highest BCUT2D eigenvalue weighted by Crippen LogP contribution is 2.26. The van der Waals surface area contributed by atoms with E-state index in [1.165, 1.54) is 12.0 Å². The van der Waals surface area contributed by atoms with Crippen molar-refractivity contribution in [1.82, 2.24) is 10.2 Å². The van der Waals surface area contributed by atoms with Crippen LogP contribution in [-0.2, 0) is 4.79 Å². The van der Waals surface area contributed by atoms with Crippen LogP contribution in [0.5, 0.6) is 0 Å². The zero-order valence-corrected chi connectivity index (χ0v) is 11.1. The summed E-state index contributed by atoms with van der Waals surface area (Å²) >= 11 is 0. The van der Waals surface area contributed by atoms with Gasteiger partial charge in [0.05, 0.1) is 0 Å². The van der Waals surface area contributed by atoms with Crippen LogP contribution >= 0.6 is 0 Å². The van der Waals surface area contributed by atoms with Gasteiger partial charge in [0.2, 0.25) is 5.91 Å². The zero-order chi connectivity index (χ0) is 12.8. The molecule has 0 aliphatic carbocycles. The van der Waals surface area contributed by atoms with Crippen molar-refractivity contribution >= 4 is 5.91 Å². The minimum atomic E-state index is 0.167. The molecule has 1 fully saturated rings. The van der Waals surface area contributed by atoms with Gasteiger partial charge in [0.15, 0.2) is 0 Å². The highest BCUT2D eigenvalue weighted by Gasteiger charge is 2.23. The second-order valence-electron chi connectivity index (χ2n) is 4.90. The van der Waals surface area contributed by atoms with E-state index in [0.29, 0.717) is 12.3 Å². The molecule has 0 saturated carbocycles. The van der Waals surface area contributed by atoms with E-state index in [9.17, 15) is 4.79 Å². The molecule has 1 aliphatic rings. The van der Waals surface area contributed by atoms with Gasteiger partial charge in [-0.25, -0.2) is 0 Å². The van der Waals surface area contributed by atoms with E-state index in [1.54, 1.807) is 0 Å². The minimum absolute atomic E-state index is 0.167. The van der Waals surface area contributed by atoms with Gasteiger partial charge < -0.3 is 10.2 Å². The maximum Gasteiger partial charge on any atom is 0.221 e. The van der Waals surface area contributed by atoms with Crippen molar-refractivity contribution in [2.24, 2.45) is 0 Å². The molecule has 0 bridgehead atoms. The van der Waals surface area contributed by atoms with Crippen molar-refractivity contribution in [2.75, 3.05) is 26.2 Å². The zero-order valence-electron chi connectivity index (χ0n) is 11.1. The molecule has 0 aromatic heterocycles. The molecular formula is C15H22N2O. The molecule has 1 heterocycles. The van der Waals surface area contributed by atoms with E-state index in [1.807, 2.05) is 6.92 Å². The van der Waals surface area contributed by atoms with E-state index in [-0.39, 0.29) is 5.91 Å². The third kappa shape index (κ3) is 3.57. The average molecular weight is 246 g/mol. The second kappa shape index (κ2) is 6.55. The third-order valence-electron chi connectivity index (χ3n) is 3.57. The lowest BCUT2D eigenvalue weighted by Gasteiger charge is -2.15. The fourth-order valence-corrected chi connectivity index (χ4v) is 2.58. The summed E-state index contributed by atoms with van der Waals surface area (Å²) in [5.74, 6) is 0.807. The molecule has 98 valence electrons. The Morgan fingerprint density at radius 1 is 1.39 bits per heavy atom. The lowest BCUT2D eigenvalue weighted by Crippen LogP contribution is -2.29. The molecular weight excluding hydrogens is 224 g/mol. The van der Waals surface area contributed by atoms with Crippen LogP contribution in [0.25, 0.3) is 0 Å². The summed E-state index contributed by atoms with van der Waals surface area (Å²) in [4.78, 5) is 13.8. The lowest BCUT2D eigenvalue weighted by atomic mass is 9.99. The molecule has 0 spiro atoms. The van der Waals surface area contributed by atoms with Gasteiger partial charge in [-0.3, -0.25) is 4.79 Å². The smallest absolute Gasteiger partial charge is 0.221 e. The quantitative estimate of drug-likeness (QED) is 0.862. The first-order valence-corrected chi connectivity index (χ1v) is 6.83. The van der Waals surface area contributed by atoms with Crippen LogP contribution in [0.4, 0.5) is 0 Å². The number of nitrogens with one attached hydrogen (secondary N) is 1. The number of amides is 1. The number of carbonyl (C=O) groups excluding carboxylic acids is 1. The van der Waals surface area contributed by atoms with Gasteiger partial charge in [0.1, 0.15) is 0 Å². The number of carbonyl (C=O) groups is 1. The summed E-state index contributed by atoms with van der Waals surface area (Å²) in [7, 11) is 0. The highest BCUT2D eigenvalue weighted by molar-refractivity contribution is 5.75. The van der Waals surface area contributed by atoms with Gasteiger partial charge in [-0.1, -0.05) is 30.3 Å². The molecule has 3 nitrogen and oxygen atoms in total. The Morgan fingerprint density at radius 3 is 2.89 bits per heavy atom. The number of hydrogen-bond donors (Lipinski definition) is 1. The van der Waals surface area contributed by atoms with Gasteiger partial charge in [-0.05, 0) is 31.4 Å². The van der Waals surface area contributed by atoms with Crippen LogP contribution in [-0.4, -0.2) is 37.0 Å². The normalized spacial score (nSPS) is 19.9. The fourth-order valence-electron chi connectivity index (χ4n) is 2.58. The Bertz CT molecular complexity index is 377. The Hall–Kier alpha value is -1.35. The van der Waals surface area contributed by atoms with Crippen molar-refractivity contribution in [1.29, 1.82) is 0 Å². The van der Waals surface area contributed by atoms with E-state index < -0.39 is 0 Å². The Labute approximate surface area is 109 Å². The molecule has 1 atom stereocenters. The molecule has 18 heavy (non-hydrogen) atoms. The van der Waals surface area contributed by atoms with E-state index in [0.717, 1.165) is 26.2 Å². The molecule has 1 aromatic rings. The van der Waals surface area contributed by atoms with Crippen LogP contribution in [0, 0.1) is 0 Å². The van der Waals surface area contributed by atoms with Crippen molar-refractivity contribution in [3.63, 3.8) is 0 Å².